The number of nitrogens with one attached hydrogen (secondary N) is 3. The van der Waals surface area contributed by atoms with Crippen molar-refractivity contribution in [1.82, 2.24) is 10.9 Å². The normalized spacial score (nSPS) is 15.3. The molecule has 140 valence electrons. The van der Waals surface area contributed by atoms with Gasteiger partial charge in [-0.2, -0.15) is 0 Å². The van der Waals surface area contributed by atoms with Crippen molar-refractivity contribution < 1.29 is 19.1 Å². The van der Waals surface area contributed by atoms with E-state index >= 15 is 0 Å². The van der Waals surface area contributed by atoms with Gasteiger partial charge in [0.1, 0.15) is 5.75 Å². The van der Waals surface area contributed by atoms with Crippen molar-refractivity contribution in [2.45, 2.75) is 24.0 Å². The summed E-state index contributed by atoms with van der Waals surface area (Å²) in [4.78, 5) is 36.7. The molecule has 0 bridgehead atoms. The van der Waals surface area contributed by atoms with Gasteiger partial charge in [-0.3, -0.25) is 25.2 Å². The maximum absolute atomic E-state index is 12.2. The molecule has 3 amide bonds. The lowest BCUT2D eigenvalue weighted by Crippen LogP contribution is -2.43. The van der Waals surface area contributed by atoms with Crippen LogP contribution in [0.15, 0.2) is 47.4 Å². The average Bonchev–Trinajstić information content (AvgIpc) is 2.65. The zero-order valence-electron chi connectivity index (χ0n) is 14.9. The molecule has 0 fully saturated rings. The van der Waals surface area contributed by atoms with Gasteiger partial charge in [0, 0.05) is 10.5 Å². The van der Waals surface area contributed by atoms with E-state index in [1.807, 2.05) is 32.0 Å². The SMILES string of the molecule is Cc1cccc(OCC(=O)NNC(=O)c2ccc3c(c2)NC(=O)[C@H](C)S3)c1. The van der Waals surface area contributed by atoms with Crippen LogP contribution in [0.5, 0.6) is 5.75 Å². The molecule has 0 aromatic heterocycles. The van der Waals surface area contributed by atoms with E-state index in [2.05, 4.69) is 16.2 Å². The maximum Gasteiger partial charge on any atom is 0.276 e. The first-order valence-electron chi connectivity index (χ1n) is 8.32. The second-order valence-corrected chi connectivity index (χ2v) is 7.45. The van der Waals surface area contributed by atoms with Gasteiger partial charge in [-0.05, 0) is 49.7 Å². The summed E-state index contributed by atoms with van der Waals surface area (Å²) in [5.41, 5.74) is 6.57. The number of ether oxygens (including phenoxy) is 1. The van der Waals surface area contributed by atoms with Crippen LogP contribution in [0.2, 0.25) is 0 Å². The third kappa shape index (κ3) is 4.79. The monoisotopic (exact) mass is 385 g/mol. The van der Waals surface area contributed by atoms with Crippen molar-refractivity contribution in [3.8, 4) is 5.75 Å². The number of carbonyl (C=O) groups is 3. The van der Waals surface area contributed by atoms with Gasteiger partial charge in [-0.25, -0.2) is 0 Å². The number of hydrogen-bond donors (Lipinski definition) is 3. The second-order valence-electron chi connectivity index (χ2n) is 6.07. The van der Waals surface area contributed by atoms with Crippen LogP contribution in [0.25, 0.3) is 0 Å². The number of hydrazine groups is 1. The van der Waals surface area contributed by atoms with E-state index in [1.165, 1.54) is 11.8 Å². The van der Waals surface area contributed by atoms with Gasteiger partial charge in [0.2, 0.25) is 5.91 Å². The average molecular weight is 385 g/mol. The summed E-state index contributed by atoms with van der Waals surface area (Å²) in [5.74, 6) is -0.500. The molecule has 0 aliphatic carbocycles. The Balaban J connectivity index is 1.52. The maximum atomic E-state index is 12.2. The van der Waals surface area contributed by atoms with Crippen molar-refractivity contribution in [3.05, 3.63) is 53.6 Å². The number of carbonyl (C=O) groups excluding carboxylic acids is 3. The van der Waals surface area contributed by atoms with Crippen LogP contribution in [-0.4, -0.2) is 29.6 Å². The fraction of sp³-hybridized carbons (Fsp3) is 0.211. The van der Waals surface area contributed by atoms with Crippen molar-refractivity contribution in [2.24, 2.45) is 0 Å². The minimum absolute atomic E-state index is 0.105. The molecule has 0 saturated heterocycles. The highest BCUT2D eigenvalue weighted by molar-refractivity contribution is 8.00. The van der Waals surface area contributed by atoms with E-state index in [0.29, 0.717) is 17.0 Å². The van der Waals surface area contributed by atoms with E-state index in [9.17, 15) is 14.4 Å². The number of aryl methyl sites for hydroxylation is 1. The standard InChI is InChI=1S/C19H19N3O4S/c1-11-4-3-5-14(8-11)26-10-17(23)21-22-19(25)13-6-7-16-15(9-13)20-18(24)12(2)27-16/h3-9,12H,10H2,1-2H3,(H,20,24)(H,21,23)(H,22,25)/t12-/m0/s1. The quantitative estimate of drug-likeness (QED) is 0.702. The smallest absolute Gasteiger partial charge is 0.276 e. The largest absolute Gasteiger partial charge is 0.484 e. The summed E-state index contributed by atoms with van der Waals surface area (Å²) in [5, 5.41) is 2.59. The fourth-order valence-electron chi connectivity index (χ4n) is 2.44. The number of amides is 3. The van der Waals surface area contributed by atoms with E-state index < -0.39 is 11.8 Å². The Morgan fingerprint density at radius 2 is 2.00 bits per heavy atom. The zero-order valence-corrected chi connectivity index (χ0v) is 15.7. The Bertz CT molecular complexity index is 900. The Hall–Kier alpha value is -3.00. The third-order valence-electron chi connectivity index (χ3n) is 3.85. The van der Waals surface area contributed by atoms with Crippen LogP contribution >= 0.6 is 11.8 Å². The summed E-state index contributed by atoms with van der Waals surface area (Å²) in [6, 6.07) is 12.3. The highest BCUT2D eigenvalue weighted by Crippen LogP contribution is 2.35. The van der Waals surface area contributed by atoms with Crippen molar-refractivity contribution >= 4 is 35.2 Å². The third-order valence-corrected chi connectivity index (χ3v) is 5.03. The predicted octanol–water partition coefficient (Wildman–Crippen LogP) is 2.27. The van der Waals surface area contributed by atoms with E-state index in [1.54, 1.807) is 24.3 Å². The first kappa shape index (κ1) is 18.8. The minimum Gasteiger partial charge on any atom is -0.484 e. The van der Waals surface area contributed by atoms with Gasteiger partial charge in [0.15, 0.2) is 6.61 Å². The number of thioether (sulfide) groups is 1. The Kier molecular flexibility index (Phi) is 5.66. The van der Waals surface area contributed by atoms with Crippen LogP contribution in [-0.2, 0) is 9.59 Å². The molecule has 1 atom stereocenters. The molecule has 1 aliphatic rings. The Labute approximate surface area is 160 Å². The van der Waals surface area contributed by atoms with Crippen LogP contribution in [0.4, 0.5) is 5.69 Å². The lowest BCUT2D eigenvalue weighted by molar-refractivity contribution is -0.123. The summed E-state index contributed by atoms with van der Waals surface area (Å²) >= 11 is 1.43. The molecule has 1 aliphatic heterocycles. The van der Waals surface area contributed by atoms with E-state index in [4.69, 9.17) is 4.74 Å². The molecule has 2 aromatic rings. The van der Waals surface area contributed by atoms with Crippen LogP contribution in [0.1, 0.15) is 22.8 Å². The van der Waals surface area contributed by atoms with Crippen LogP contribution in [0, 0.1) is 6.92 Å². The van der Waals surface area contributed by atoms with Crippen molar-refractivity contribution in [1.29, 1.82) is 0 Å². The molecule has 3 N–H and O–H groups in total. The summed E-state index contributed by atoms with van der Waals surface area (Å²) < 4.78 is 5.37. The first-order valence-corrected chi connectivity index (χ1v) is 9.20. The van der Waals surface area contributed by atoms with Gasteiger partial charge in [0.05, 0.1) is 10.9 Å². The van der Waals surface area contributed by atoms with E-state index in [-0.39, 0.29) is 17.8 Å². The molecular weight excluding hydrogens is 366 g/mol. The molecule has 0 radical (unpaired) electrons. The van der Waals surface area contributed by atoms with Crippen molar-refractivity contribution in [2.75, 3.05) is 11.9 Å². The molecule has 0 spiro atoms. The summed E-state index contributed by atoms with van der Waals surface area (Å²) in [6.45, 7) is 3.52. The van der Waals surface area contributed by atoms with Gasteiger partial charge in [-0.1, -0.05) is 12.1 Å². The number of fused-ring (bicyclic) bond motifs is 1. The highest BCUT2D eigenvalue weighted by atomic mass is 32.2. The topological polar surface area (TPSA) is 96.5 Å². The number of anilines is 1. The van der Waals surface area contributed by atoms with Crippen LogP contribution in [0.3, 0.4) is 0 Å². The number of benzene rings is 2. The molecule has 0 saturated carbocycles. The van der Waals surface area contributed by atoms with Gasteiger partial charge in [0.25, 0.3) is 11.8 Å². The predicted molar refractivity (Wildman–Crippen MR) is 103 cm³/mol. The summed E-state index contributed by atoms with van der Waals surface area (Å²) in [6.07, 6.45) is 0. The first-order chi connectivity index (χ1) is 12.9. The minimum atomic E-state index is -0.487. The lowest BCUT2D eigenvalue weighted by atomic mass is 10.2. The van der Waals surface area contributed by atoms with Gasteiger partial charge >= 0.3 is 0 Å². The zero-order chi connectivity index (χ0) is 19.4. The number of hydrogen-bond acceptors (Lipinski definition) is 5. The Morgan fingerprint density at radius 1 is 1.19 bits per heavy atom. The molecule has 1 heterocycles. The van der Waals surface area contributed by atoms with Crippen molar-refractivity contribution in [3.63, 3.8) is 0 Å². The van der Waals surface area contributed by atoms with Gasteiger partial charge in [-0.15, -0.1) is 11.8 Å². The number of rotatable bonds is 4. The molecular formula is C19H19N3O4S. The molecule has 2 aromatic carbocycles. The molecule has 3 rings (SSSR count). The molecule has 0 unspecified atom stereocenters. The Morgan fingerprint density at radius 3 is 2.78 bits per heavy atom. The molecule has 7 nitrogen and oxygen atoms in total. The summed E-state index contributed by atoms with van der Waals surface area (Å²) in [7, 11) is 0. The molecule has 8 heteroatoms. The van der Waals surface area contributed by atoms with Crippen LogP contribution < -0.4 is 20.9 Å². The lowest BCUT2D eigenvalue weighted by Gasteiger charge is -2.21. The molecule has 27 heavy (non-hydrogen) atoms. The fourth-order valence-corrected chi connectivity index (χ4v) is 3.37. The van der Waals surface area contributed by atoms with E-state index in [0.717, 1.165) is 10.5 Å². The highest BCUT2D eigenvalue weighted by Gasteiger charge is 2.23. The second kappa shape index (κ2) is 8.13. The van der Waals surface area contributed by atoms with Gasteiger partial charge < -0.3 is 10.1 Å².